The molecule has 0 unspecified atom stereocenters. The molecule has 0 aromatic carbocycles. The maximum atomic E-state index is 12.5. The molecule has 2 rings (SSSR count). The third kappa shape index (κ3) is 3.39. The molecule has 0 aliphatic heterocycles. The van der Waals surface area contributed by atoms with Crippen LogP contribution in [-0.4, -0.2) is 28.8 Å². The summed E-state index contributed by atoms with van der Waals surface area (Å²) in [5, 5.41) is 7.21. The van der Waals surface area contributed by atoms with Crippen molar-refractivity contribution in [1.82, 2.24) is 15.1 Å². The summed E-state index contributed by atoms with van der Waals surface area (Å²) in [6, 6.07) is 1.98. The number of carbonyl (C=O) groups is 1. The maximum Gasteiger partial charge on any atom is 0.227 e. The number of hydrogen-bond acceptors (Lipinski definition) is 3. The average molecular weight is 278 g/mol. The zero-order valence-corrected chi connectivity index (χ0v) is 12.4. The lowest BCUT2D eigenvalue weighted by Crippen LogP contribution is -2.46. The van der Waals surface area contributed by atoms with Crippen molar-refractivity contribution in [3.05, 3.63) is 18.0 Å². The van der Waals surface area contributed by atoms with Crippen LogP contribution in [0.3, 0.4) is 0 Å². The normalized spacial score (nSPS) is 18.5. The topological polar surface area (TPSA) is 72.9 Å². The number of rotatable bonds is 5. The van der Waals surface area contributed by atoms with Gasteiger partial charge in [-0.05, 0) is 18.9 Å². The van der Waals surface area contributed by atoms with Gasteiger partial charge in [0.05, 0.1) is 5.41 Å². The molecular weight excluding hydrogens is 252 g/mol. The van der Waals surface area contributed by atoms with E-state index in [9.17, 15) is 4.79 Å². The van der Waals surface area contributed by atoms with Gasteiger partial charge in [-0.25, -0.2) is 0 Å². The van der Waals surface area contributed by atoms with Gasteiger partial charge in [0, 0.05) is 38.4 Å². The Morgan fingerprint density at radius 3 is 2.65 bits per heavy atom. The molecule has 0 spiro atoms. The molecule has 3 N–H and O–H groups in total. The van der Waals surface area contributed by atoms with E-state index in [-0.39, 0.29) is 11.3 Å². The third-order valence-corrected chi connectivity index (χ3v) is 4.52. The molecule has 1 aliphatic rings. The first-order chi connectivity index (χ1) is 9.68. The number of carbonyl (C=O) groups excluding carboxylic acids is 1. The van der Waals surface area contributed by atoms with Crippen molar-refractivity contribution in [2.75, 3.05) is 13.1 Å². The number of amides is 1. The molecule has 0 atom stereocenters. The van der Waals surface area contributed by atoms with Crippen molar-refractivity contribution in [3.8, 4) is 0 Å². The third-order valence-electron chi connectivity index (χ3n) is 4.52. The van der Waals surface area contributed by atoms with Gasteiger partial charge in [-0.3, -0.25) is 9.48 Å². The zero-order chi connectivity index (χ0) is 14.4. The van der Waals surface area contributed by atoms with Crippen LogP contribution in [-0.2, 0) is 18.3 Å². The fourth-order valence-corrected chi connectivity index (χ4v) is 3.07. The van der Waals surface area contributed by atoms with Crippen LogP contribution in [0.1, 0.15) is 44.2 Å². The molecule has 1 fully saturated rings. The SMILES string of the molecule is Cn1nccc1CCNC(=O)C1(CN)CCCCCC1. The van der Waals surface area contributed by atoms with Crippen molar-refractivity contribution in [2.45, 2.75) is 44.9 Å². The minimum Gasteiger partial charge on any atom is -0.355 e. The molecule has 0 saturated heterocycles. The fourth-order valence-electron chi connectivity index (χ4n) is 3.07. The van der Waals surface area contributed by atoms with E-state index in [1.54, 1.807) is 6.20 Å². The lowest BCUT2D eigenvalue weighted by atomic mass is 9.79. The zero-order valence-electron chi connectivity index (χ0n) is 12.4. The molecular formula is C15H26N4O. The monoisotopic (exact) mass is 278 g/mol. The van der Waals surface area contributed by atoms with Gasteiger partial charge in [0.2, 0.25) is 5.91 Å². The summed E-state index contributed by atoms with van der Waals surface area (Å²) in [4.78, 5) is 12.5. The second-order valence-corrected chi connectivity index (χ2v) is 5.85. The molecule has 0 bridgehead atoms. The van der Waals surface area contributed by atoms with Gasteiger partial charge in [-0.1, -0.05) is 25.7 Å². The molecule has 20 heavy (non-hydrogen) atoms. The molecule has 5 nitrogen and oxygen atoms in total. The Bertz CT molecular complexity index is 433. The first-order valence-electron chi connectivity index (χ1n) is 7.63. The maximum absolute atomic E-state index is 12.5. The molecule has 1 saturated carbocycles. The Morgan fingerprint density at radius 1 is 1.40 bits per heavy atom. The molecule has 1 aliphatic carbocycles. The standard InChI is InChI=1S/C15H26N4O/c1-19-13(7-11-18-19)6-10-17-14(20)15(12-16)8-4-2-3-5-9-15/h7,11H,2-6,8-10,12,16H2,1H3,(H,17,20). The van der Waals surface area contributed by atoms with E-state index in [4.69, 9.17) is 5.73 Å². The number of hydrogen-bond donors (Lipinski definition) is 2. The van der Waals surface area contributed by atoms with E-state index in [2.05, 4.69) is 10.4 Å². The molecule has 1 amide bonds. The van der Waals surface area contributed by atoms with Crippen molar-refractivity contribution in [1.29, 1.82) is 0 Å². The summed E-state index contributed by atoms with van der Waals surface area (Å²) in [6.45, 7) is 1.12. The summed E-state index contributed by atoms with van der Waals surface area (Å²) >= 11 is 0. The van der Waals surface area contributed by atoms with Crippen LogP contribution in [0.25, 0.3) is 0 Å². The van der Waals surface area contributed by atoms with E-state index < -0.39 is 0 Å². The largest absolute Gasteiger partial charge is 0.355 e. The van der Waals surface area contributed by atoms with Crippen LogP contribution in [0.15, 0.2) is 12.3 Å². The van der Waals surface area contributed by atoms with Gasteiger partial charge in [0.25, 0.3) is 0 Å². The second kappa shape index (κ2) is 6.88. The number of nitrogens with zero attached hydrogens (tertiary/aromatic N) is 2. The summed E-state index contributed by atoms with van der Waals surface area (Å²) in [5.74, 6) is 0.143. The smallest absolute Gasteiger partial charge is 0.227 e. The molecule has 112 valence electrons. The van der Waals surface area contributed by atoms with Crippen molar-refractivity contribution < 1.29 is 4.79 Å². The summed E-state index contributed by atoms with van der Waals surface area (Å²) in [5.41, 5.74) is 6.73. The first-order valence-corrected chi connectivity index (χ1v) is 7.63. The van der Waals surface area contributed by atoms with Crippen molar-refractivity contribution in [2.24, 2.45) is 18.2 Å². The summed E-state index contributed by atoms with van der Waals surface area (Å²) in [6.07, 6.45) is 9.14. The number of nitrogens with one attached hydrogen (secondary N) is 1. The van der Waals surface area contributed by atoms with Crippen LogP contribution in [0.5, 0.6) is 0 Å². The number of aryl methyl sites for hydroxylation is 1. The van der Waals surface area contributed by atoms with E-state index in [1.165, 1.54) is 12.8 Å². The number of aromatic nitrogens is 2. The molecule has 5 heteroatoms. The highest BCUT2D eigenvalue weighted by Crippen LogP contribution is 2.34. The first kappa shape index (κ1) is 15.0. The van der Waals surface area contributed by atoms with Crippen LogP contribution in [0, 0.1) is 5.41 Å². The van der Waals surface area contributed by atoms with Crippen molar-refractivity contribution >= 4 is 5.91 Å². The van der Waals surface area contributed by atoms with Gasteiger partial charge < -0.3 is 11.1 Å². The minimum absolute atomic E-state index is 0.143. The second-order valence-electron chi connectivity index (χ2n) is 5.85. The van der Waals surface area contributed by atoms with Crippen LogP contribution >= 0.6 is 0 Å². The highest BCUT2D eigenvalue weighted by atomic mass is 16.2. The molecule has 1 aromatic heterocycles. The Kier molecular flexibility index (Phi) is 5.17. The Labute approximate surface area is 120 Å². The van der Waals surface area contributed by atoms with Crippen molar-refractivity contribution in [3.63, 3.8) is 0 Å². The van der Waals surface area contributed by atoms with Gasteiger partial charge in [0.15, 0.2) is 0 Å². The fraction of sp³-hybridized carbons (Fsp3) is 0.733. The Hall–Kier alpha value is -1.36. The Morgan fingerprint density at radius 2 is 2.10 bits per heavy atom. The molecule has 0 radical (unpaired) electrons. The van der Waals surface area contributed by atoms with Gasteiger partial charge >= 0.3 is 0 Å². The average Bonchev–Trinajstić information content (AvgIpc) is 2.73. The molecule has 1 heterocycles. The van der Waals surface area contributed by atoms with Gasteiger partial charge in [-0.15, -0.1) is 0 Å². The lowest BCUT2D eigenvalue weighted by molar-refractivity contribution is -0.131. The van der Waals surface area contributed by atoms with E-state index in [0.29, 0.717) is 13.1 Å². The van der Waals surface area contributed by atoms with Crippen LogP contribution < -0.4 is 11.1 Å². The lowest BCUT2D eigenvalue weighted by Gasteiger charge is -2.29. The summed E-state index contributed by atoms with van der Waals surface area (Å²) < 4.78 is 1.84. The van der Waals surface area contributed by atoms with E-state index in [1.807, 2.05) is 17.8 Å². The van der Waals surface area contributed by atoms with Gasteiger partial charge in [0.1, 0.15) is 0 Å². The van der Waals surface area contributed by atoms with Crippen LogP contribution in [0.4, 0.5) is 0 Å². The van der Waals surface area contributed by atoms with Gasteiger partial charge in [-0.2, -0.15) is 5.10 Å². The highest BCUT2D eigenvalue weighted by Gasteiger charge is 2.36. The highest BCUT2D eigenvalue weighted by molar-refractivity contribution is 5.82. The number of nitrogens with two attached hydrogens (primary N) is 1. The summed E-state index contributed by atoms with van der Waals surface area (Å²) in [7, 11) is 1.92. The molecule has 1 aromatic rings. The van der Waals surface area contributed by atoms with Crippen LogP contribution in [0.2, 0.25) is 0 Å². The minimum atomic E-state index is -0.330. The Balaban J connectivity index is 1.87. The quantitative estimate of drug-likeness (QED) is 0.799. The predicted octanol–water partition coefficient (Wildman–Crippen LogP) is 1.38. The predicted molar refractivity (Wildman–Crippen MR) is 79.1 cm³/mol. The van der Waals surface area contributed by atoms with E-state index in [0.717, 1.165) is 37.8 Å². The van der Waals surface area contributed by atoms with E-state index >= 15 is 0 Å².